The van der Waals surface area contributed by atoms with Gasteiger partial charge in [0.05, 0.1) is 0 Å². The number of aliphatic carboxylic acids is 1. The van der Waals surface area contributed by atoms with E-state index in [0.29, 0.717) is 6.42 Å². The normalized spacial score (nSPS) is 12.7. The van der Waals surface area contributed by atoms with Crippen LogP contribution < -0.4 is 5.32 Å². The molecule has 0 aliphatic rings. The zero-order valence-corrected chi connectivity index (χ0v) is 10.9. The number of rotatable bonds is 5. The molecule has 0 aromatic heterocycles. The van der Waals surface area contributed by atoms with Crippen molar-refractivity contribution in [3.8, 4) is 0 Å². The topological polar surface area (TPSA) is 75.6 Å². The Labute approximate surface area is 102 Å². The van der Waals surface area contributed by atoms with E-state index in [1.807, 2.05) is 6.92 Å². The van der Waals surface area contributed by atoms with E-state index in [1.54, 1.807) is 20.8 Å². The Morgan fingerprint density at radius 1 is 1.41 bits per heavy atom. The Balaban J connectivity index is 4.41. The predicted octanol–water partition coefficient (Wildman–Crippen LogP) is 2.32. The van der Waals surface area contributed by atoms with E-state index < -0.39 is 23.7 Å². The molecule has 0 aromatic rings. The Morgan fingerprint density at radius 3 is 2.29 bits per heavy atom. The van der Waals surface area contributed by atoms with Gasteiger partial charge in [0.25, 0.3) is 0 Å². The van der Waals surface area contributed by atoms with Crippen LogP contribution in [0.3, 0.4) is 0 Å². The fraction of sp³-hybridized carbons (Fsp3) is 0.667. The average Bonchev–Trinajstić information content (AvgIpc) is 2.13. The number of carbonyl (C=O) groups is 2. The molecule has 98 valence electrons. The van der Waals surface area contributed by atoms with Crippen molar-refractivity contribution in [1.29, 1.82) is 0 Å². The summed E-state index contributed by atoms with van der Waals surface area (Å²) in [4.78, 5) is 22.4. The highest BCUT2D eigenvalue weighted by molar-refractivity contribution is 5.80. The van der Waals surface area contributed by atoms with Crippen LogP contribution >= 0.6 is 0 Å². The van der Waals surface area contributed by atoms with Crippen LogP contribution in [0.4, 0.5) is 4.79 Å². The third-order valence-electron chi connectivity index (χ3n) is 1.98. The summed E-state index contributed by atoms with van der Waals surface area (Å²) in [5.74, 6) is -1.09. The van der Waals surface area contributed by atoms with Gasteiger partial charge in [0.1, 0.15) is 11.6 Å². The molecule has 0 spiro atoms. The molecule has 0 aromatic carbocycles. The van der Waals surface area contributed by atoms with Gasteiger partial charge in [-0.3, -0.25) is 0 Å². The van der Waals surface area contributed by atoms with Gasteiger partial charge in [0.15, 0.2) is 0 Å². The molecule has 1 unspecified atom stereocenters. The molecule has 0 rings (SSSR count). The first-order valence-corrected chi connectivity index (χ1v) is 5.54. The molecule has 0 heterocycles. The maximum atomic E-state index is 11.4. The number of nitrogens with one attached hydrogen (secondary N) is 1. The fourth-order valence-electron chi connectivity index (χ4n) is 1.08. The first-order valence-electron chi connectivity index (χ1n) is 5.54. The molecular weight excluding hydrogens is 222 g/mol. The molecule has 0 saturated heterocycles. The van der Waals surface area contributed by atoms with Crippen molar-refractivity contribution in [3.05, 3.63) is 12.2 Å². The number of carbonyl (C=O) groups excluding carboxylic acids is 1. The third kappa shape index (κ3) is 7.38. The van der Waals surface area contributed by atoms with Crippen molar-refractivity contribution >= 4 is 12.1 Å². The van der Waals surface area contributed by atoms with Gasteiger partial charge < -0.3 is 15.2 Å². The van der Waals surface area contributed by atoms with Gasteiger partial charge in [-0.05, 0) is 33.6 Å². The number of alkyl carbamates (subject to hydrolysis) is 1. The predicted molar refractivity (Wildman–Crippen MR) is 64.8 cm³/mol. The minimum Gasteiger partial charge on any atom is -0.480 e. The van der Waals surface area contributed by atoms with E-state index >= 15 is 0 Å². The van der Waals surface area contributed by atoms with Gasteiger partial charge in [0.2, 0.25) is 0 Å². The zero-order chi connectivity index (χ0) is 13.6. The van der Waals surface area contributed by atoms with Crippen molar-refractivity contribution < 1.29 is 19.4 Å². The molecule has 2 N–H and O–H groups in total. The van der Waals surface area contributed by atoms with E-state index in [1.165, 1.54) is 0 Å². The number of ether oxygens (including phenoxy) is 1. The summed E-state index contributed by atoms with van der Waals surface area (Å²) < 4.78 is 4.99. The molecule has 0 bridgehead atoms. The number of carboxylic acid groups (broad SMARTS) is 1. The van der Waals surface area contributed by atoms with Crippen molar-refractivity contribution in [1.82, 2.24) is 5.32 Å². The highest BCUT2D eigenvalue weighted by Crippen LogP contribution is 2.10. The molecule has 0 aliphatic carbocycles. The lowest BCUT2D eigenvalue weighted by Crippen LogP contribution is -2.43. The summed E-state index contributed by atoms with van der Waals surface area (Å²) in [7, 11) is 0. The lowest BCUT2D eigenvalue weighted by molar-refractivity contribution is -0.139. The van der Waals surface area contributed by atoms with Crippen LogP contribution in [0.2, 0.25) is 0 Å². The van der Waals surface area contributed by atoms with Gasteiger partial charge in [-0.2, -0.15) is 0 Å². The molecule has 0 aliphatic heterocycles. The molecule has 1 amide bonds. The summed E-state index contributed by atoms with van der Waals surface area (Å²) in [5.41, 5.74) is 0.128. The highest BCUT2D eigenvalue weighted by Gasteiger charge is 2.24. The van der Waals surface area contributed by atoms with Crippen LogP contribution in [-0.4, -0.2) is 28.8 Å². The molecule has 1 atom stereocenters. The molecule has 0 fully saturated rings. The van der Waals surface area contributed by atoms with Crippen LogP contribution in [0.5, 0.6) is 0 Å². The summed E-state index contributed by atoms with van der Waals surface area (Å²) in [5, 5.41) is 11.3. The summed E-state index contributed by atoms with van der Waals surface area (Å²) >= 11 is 0. The Morgan fingerprint density at radius 2 is 1.94 bits per heavy atom. The minimum atomic E-state index is -1.09. The fourth-order valence-corrected chi connectivity index (χ4v) is 1.08. The molecule has 5 nitrogen and oxygen atoms in total. The third-order valence-corrected chi connectivity index (χ3v) is 1.98. The van der Waals surface area contributed by atoms with E-state index in [-0.39, 0.29) is 6.42 Å². The zero-order valence-electron chi connectivity index (χ0n) is 10.9. The second-order valence-electron chi connectivity index (χ2n) is 4.84. The number of carboxylic acids is 1. The minimum absolute atomic E-state index is 0.213. The smallest absolute Gasteiger partial charge is 0.408 e. The Bertz CT molecular complexity index is 304. The molecule has 0 saturated carbocycles. The lowest BCUT2D eigenvalue weighted by Gasteiger charge is -2.22. The molecule has 0 radical (unpaired) electrons. The van der Waals surface area contributed by atoms with Crippen molar-refractivity contribution in [2.45, 2.75) is 52.2 Å². The maximum absolute atomic E-state index is 11.4. The van der Waals surface area contributed by atoms with Crippen LogP contribution in [0.25, 0.3) is 0 Å². The molecule has 17 heavy (non-hydrogen) atoms. The quantitative estimate of drug-likeness (QED) is 0.726. The lowest BCUT2D eigenvalue weighted by atomic mass is 10.1. The van der Waals surface area contributed by atoms with Crippen LogP contribution in [-0.2, 0) is 9.53 Å². The van der Waals surface area contributed by atoms with Crippen LogP contribution in [0.1, 0.15) is 40.5 Å². The van der Waals surface area contributed by atoms with Gasteiger partial charge >= 0.3 is 12.1 Å². The van der Waals surface area contributed by atoms with Gasteiger partial charge in [0, 0.05) is 0 Å². The Hall–Kier alpha value is -1.52. The van der Waals surface area contributed by atoms with Crippen molar-refractivity contribution in [2.75, 3.05) is 0 Å². The van der Waals surface area contributed by atoms with E-state index in [2.05, 4.69) is 11.9 Å². The van der Waals surface area contributed by atoms with E-state index in [9.17, 15) is 9.59 Å². The monoisotopic (exact) mass is 243 g/mol. The van der Waals surface area contributed by atoms with Crippen LogP contribution in [0.15, 0.2) is 12.2 Å². The average molecular weight is 243 g/mol. The molecular formula is C12H21NO4. The highest BCUT2D eigenvalue weighted by atomic mass is 16.6. The first kappa shape index (κ1) is 15.5. The second-order valence-corrected chi connectivity index (χ2v) is 4.84. The van der Waals surface area contributed by atoms with E-state index in [4.69, 9.17) is 9.84 Å². The van der Waals surface area contributed by atoms with Gasteiger partial charge in [-0.15, -0.1) is 0 Å². The van der Waals surface area contributed by atoms with Gasteiger partial charge in [-0.1, -0.05) is 19.1 Å². The standard InChI is InChI=1S/C12H21NO4/c1-6-8(2)7-9(10(14)15)13-11(16)17-12(3,4)5/h9H,2,6-7H2,1,3-5H3,(H,13,16)(H,14,15). The SMILES string of the molecule is C=C(CC)CC(NC(=O)OC(C)(C)C)C(=O)O. The number of hydrogen-bond donors (Lipinski definition) is 2. The van der Waals surface area contributed by atoms with Gasteiger partial charge in [-0.25, -0.2) is 9.59 Å². The van der Waals surface area contributed by atoms with Crippen LogP contribution in [0, 0.1) is 0 Å². The number of amides is 1. The van der Waals surface area contributed by atoms with E-state index in [0.717, 1.165) is 5.57 Å². The first-order chi connectivity index (χ1) is 7.65. The largest absolute Gasteiger partial charge is 0.480 e. The summed E-state index contributed by atoms with van der Waals surface area (Å²) in [6.07, 6.45) is 0.166. The number of hydrogen-bond acceptors (Lipinski definition) is 3. The summed E-state index contributed by atoms with van der Waals surface area (Å²) in [6.45, 7) is 10.8. The second kappa shape index (κ2) is 6.27. The molecule has 5 heteroatoms. The maximum Gasteiger partial charge on any atom is 0.408 e. The Kier molecular flexibility index (Phi) is 5.71. The van der Waals surface area contributed by atoms with Crippen molar-refractivity contribution in [3.63, 3.8) is 0 Å². The summed E-state index contributed by atoms with van der Waals surface area (Å²) in [6, 6.07) is -0.989. The van der Waals surface area contributed by atoms with Crippen molar-refractivity contribution in [2.24, 2.45) is 0 Å².